The van der Waals surface area contributed by atoms with Crippen LogP contribution in [-0.4, -0.2) is 18.5 Å². The zero-order valence-electron chi connectivity index (χ0n) is 13.9. The number of nitrogens with one attached hydrogen (secondary N) is 1. The predicted octanol–water partition coefficient (Wildman–Crippen LogP) is 4.00. The van der Waals surface area contributed by atoms with Crippen molar-refractivity contribution in [3.05, 3.63) is 59.2 Å². The van der Waals surface area contributed by atoms with Gasteiger partial charge in [0.2, 0.25) is 0 Å². The summed E-state index contributed by atoms with van der Waals surface area (Å²) in [4.78, 5) is 12.3. The number of benzene rings is 1. The van der Waals surface area contributed by atoms with Crippen molar-refractivity contribution in [3.63, 3.8) is 0 Å². The standard InChI is InChI=1S/C20H25ClN2O/c21-17-8-4-7-16(13-17)20(14-22)11-9-18(10-12-20)23-19(24)15-5-2-1-3-6-15/h1-8,16,18H,9-14,22H2,(H,23,24)/t16?,18-,20-. The number of rotatable bonds is 4. The van der Waals surface area contributed by atoms with Crippen LogP contribution in [0.15, 0.2) is 53.6 Å². The summed E-state index contributed by atoms with van der Waals surface area (Å²) in [6.07, 6.45) is 11.2. The Morgan fingerprint density at radius 2 is 1.96 bits per heavy atom. The van der Waals surface area contributed by atoms with Crippen LogP contribution in [0.2, 0.25) is 0 Å². The van der Waals surface area contributed by atoms with Gasteiger partial charge in [0, 0.05) is 16.6 Å². The van der Waals surface area contributed by atoms with E-state index in [0.717, 1.165) is 42.7 Å². The van der Waals surface area contributed by atoms with Gasteiger partial charge in [-0.3, -0.25) is 4.79 Å². The highest BCUT2D eigenvalue weighted by Crippen LogP contribution is 2.46. The van der Waals surface area contributed by atoms with Crippen LogP contribution in [-0.2, 0) is 0 Å². The topological polar surface area (TPSA) is 55.1 Å². The van der Waals surface area contributed by atoms with Crippen molar-refractivity contribution >= 4 is 17.5 Å². The quantitative estimate of drug-likeness (QED) is 0.867. The molecule has 1 saturated carbocycles. The molecule has 1 atom stereocenters. The number of nitrogens with two attached hydrogens (primary N) is 1. The van der Waals surface area contributed by atoms with Crippen LogP contribution in [0.25, 0.3) is 0 Å². The van der Waals surface area contributed by atoms with E-state index >= 15 is 0 Å². The third-order valence-electron chi connectivity index (χ3n) is 5.58. The van der Waals surface area contributed by atoms with Crippen molar-refractivity contribution in [2.45, 2.75) is 38.1 Å². The van der Waals surface area contributed by atoms with E-state index in [1.165, 1.54) is 0 Å². The van der Waals surface area contributed by atoms with Crippen LogP contribution in [0, 0.1) is 11.3 Å². The molecule has 0 bridgehead atoms. The van der Waals surface area contributed by atoms with Gasteiger partial charge in [0.25, 0.3) is 5.91 Å². The summed E-state index contributed by atoms with van der Waals surface area (Å²) >= 11 is 6.23. The van der Waals surface area contributed by atoms with E-state index in [1.54, 1.807) is 0 Å². The Balaban J connectivity index is 1.59. The van der Waals surface area contributed by atoms with Crippen molar-refractivity contribution in [2.75, 3.05) is 6.54 Å². The first-order chi connectivity index (χ1) is 11.6. The summed E-state index contributed by atoms with van der Waals surface area (Å²) in [5, 5.41) is 4.09. The third kappa shape index (κ3) is 3.73. The highest BCUT2D eigenvalue weighted by atomic mass is 35.5. The molecular weight excluding hydrogens is 320 g/mol. The lowest BCUT2D eigenvalue weighted by Gasteiger charge is -2.44. The van der Waals surface area contributed by atoms with Gasteiger partial charge in [0.15, 0.2) is 0 Å². The molecule has 0 aromatic heterocycles. The molecule has 0 aliphatic heterocycles. The Labute approximate surface area is 149 Å². The van der Waals surface area contributed by atoms with Crippen molar-refractivity contribution in [2.24, 2.45) is 17.1 Å². The highest BCUT2D eigenvalue weighted by Gasteiger charge is 2.40. The number of allylic oxidation sites excluding steroid dienone is 4. The fraction of sp³-hybridized carbons (Fsp3) is 0.450. The minimum absolute atomic E-state index is 0.0180. The number of hydrogen-bond donors (Lipinski definition) is 2. The SMILES string of the molecule is NC[C@]1(C2C=CC=C(Cl)C2)CC[C@H](NC(=O)c2ccccc2)CC1. The molecule has 3 N–H and O–H groups in total. The second-order valence-corrected chi connectivity index (χ2v) is 7.47. The molecule has 2 aliphatic carbocycles. The molecule has 1 fully saturated rings. The summed E-state index contributed by atoms with van der Waals surface area (Å²) in [6, 6.07) is 9.64. The third-order valence-corrected chi connectivity index (χ3v) is 5.86. The van der Waals surface area contributed by atoms with E-state index in [9.17, 15) is 4.79 Å². The Morgan fingerprint density at radius 3 is 2.58 bits per heavy atom. The van der Waals surface area contributed by atoms with E-state index in [1.807, 2.05) is 36.4 Å². The smallest absolute Gasteiger partial charge is 0.251 e. The first-order valence-corrected chi connectivity index (χ1v) is 9.09. The maximum Gasteiger partial charge on any atom is 0.251 e. The maximum absolute atomic E-state index is 12.3. The maximum atomic E-state index is 12.3. The van der Waals surface area contributed by atoms with Gasteiger partial charge < -0.3 is 11.1 Å². The molecule has 0 saturated heterocycles. The Bertz CT molecular complexity index is 630. The van der Waals surface area contributed by atoms with Crippen LogP contribution in [0.4, 0.5) is 0 Å². The van der Waals surface area contributed by atoms with E-state index in [0.29, 0.717) is 12.5 Å². The lowest BCUT2D eigenvalue weighted by Crippen LogP contribution is -2.46. The van der Waals surface area contributed by atoms with Crippen LogP contribution < -0.4 is 11.1 Å². The molecule has 1 aromatic carbocycles. The zero-order chi connectivity index (χ0) is 17.0. The van der Waals surface area contributed by atoms with Crippen LogP contribution in [0.1, 0.15) is 42.5 Å². The van der Waals surface area contributed by atoms with Gasteiger partial charge in [-0.15, -0.1) is 0 Å². The van der Waals surface area contributed by atoms with Gasteiger partial charge in [-0.2, -0.15) is 0 Å². The molecule has 1 aromatic rings. The molecule has 24 heavy (non-hydrogen) atoms. The summed E-state index contributed by atoms with van der Waals surface area (Å²) < 4.78 is 0. The van der Waals surface area contributed by atoms with Gasteiger partial charge in [0.1, 0.15) is 0 Å². The molecule has 0 radical (unpaired) electrons. The molecule has 1 unspecified atom stereocenters. The highest BCUT2D eigenvalue weighted by molar-refractivity contribution is 6.29. The van der Waals surface area contributed by atoms with Crippen LogP contribution in [0.5, 0.6) is 0 Å². The number of hydrogen-bond acceptors (Lipinski definition) is 2. The molecule has 4 heteroatoms. The number of halogens is 1. The first kappa shape index (κ1) is 17.2. The Morgan fingerprint density at radius 1 is 1.25 bits per heavy atom. The molecule has 2 aliphatic rings. The number of carbonyl (C=O) groups is 1. The predicted molar refractivity (Wildman–Crippen MR) is 98.8 cm³/mol. The van der Waals surface area contributed by atoms with E-state index < -0.39 is 0 Å². The second-order valence-electron chi connectivity index (χ2n) is 6.99. The van der Waals surface area contributed by atoms with E-state index in [2.05, 4.69) is 17.5 Å². The molecular formula is C20H25ClN2O. The van der Waals surface area contributed by atoms with Crippen molar-refractivity contribution < 1.29 is 4.79 Å². The summed E-state index contributed by atoms with van der Waals surface area (Å²) in [5.74, 6) is 0.426. The molecule has 128 valence electrons. The monoisotopic (exact) mass is 344 g/mol. The van der Waals surface area contributed by atoms with Gasteiger partial charge >= 0.3 is 0 Å². The number of carbonyl (C=O) groups excluding carboxylic acids is 1. The van der Waals surface area contributed by atoms with E-state index in [4.69, 9.17) is 17.3 Å². The van der Waals surface area contributed by atoms with Crippen LogP contribution >= 0.6 is 11.6 Å². The van der Waals surface area contributed by atoms with Crippen molar-refractivity contribution in [1.82, 2.24) is 5.32 Å². The van der Waals surface area contributed by atoms with Crippen molar-refractivity contribution in [3.8, 4) is 0 Å². The van der Waals surface area contributed by atoms with Gasteiger partial charge in [0.05, 0.1) is 0 Å². The largest absolute Gasteiger partial charge is 0.349 e. The van der Waals surface area contributed by atoms with E-state index in [-0.39, 0.29) is 17.4 Å². The van der Waals surface area contributed by atoms with Gasteiger partial charge in [-0.25, -0.2) is 0 Å². The number of amides is 1. The van der Waals surface area contributed by atoms with Crippen molar-refractivity contribution in [1.29, 1.82) is 0 Å². The molecule has 3 nitrogen and oxygen atoms in total. The average molecular weight is 345 g/mol. The fourth-order valence-corrected chi connectivity index (χ4v) is 4.22. The Hall–Kier alpha value is -1.58. The normalized spacial score (nSPS) is 29.8. The zero-order valence-corrected chi connectivity index (χ0v) is 14.6. The molecule has 3 rings (SSSR count). The lowest BCUT2D eigenvalue weighted by molar-refractivity contribution is 0.0853. The van der Waals surface area contributed by atoms with Gasteiger partial charge in [-0.05, 0) is 68.2 Å². The minimum Gasteiger partial charge on any atom is -0.349 e. The lowest BCUT2D eigenvalue weighted by atomic mass is 9.63. The Kier molecular flexibility index (Phi) is 5.42. The summed E-state index contributed by atoms with van der Waals surface area (Å²) in [5.41, 5.74) is 7.00. The van der Waals surface area contributed by atoms with Gasteiger partial charge in [-0.1, -0.05) is 42.0 Å². The fourth-order valence-electron chi connectivity index (χ4n) is 3.98. The molecule has 0 heterocycles. The first-order valence-electron chi connectivity index (χ1n) is 8.72. The summed E-state index contributed by atoms with van der Waals surface area (Å²) in [6.45, 7) is 0.672. The average Bonchev–Trinajstić information content (AvgIpc) is 2.63. The minimum atomic E-state index is 0.0180. The molecule has 1 amide bonds. The summed E-state index contributed by atoms with van der Waals surface area (Å²) in [7, 11) is 0. The van der Waals surface area contributed by atoms with Crippen LogP contribution in [0.3, 0.4) is 0 Å². The second kappa shape index (κ2) is 7.54. The molecule has 0 spiro atoms.